The highest BCUT2D eigenvalue weighted by atomic mass is 15.0. The molecule has 0 amide bonds. The van der Waals surface area contributed by atoms with E-state index >= 15 is 0 Å². The molecule has 5 aromatic carbocycles. The predicted molar refractivity (Wildman–Crippen MR) is 172 cm³/mol. The maximum Gasteiger partial charge on any atom is 0.0548 e. The summed E-state index contributed by atoms with van der Waals surface area (Å²) in [6.45, 7) is 6.65. The van der Waals surface area contributed by atoms with E-state index in [0.717, 1.165) is 6.42 Å². The summed E-state index contributed by atoms with van der Waals surface area (Å²) in [5, 5.41) is 5.20. The van der Waals surface area contributed by atoms with Gasteiger partial charge in [0, 0.05) is 32.9 Å². The molecule has 2 heteroatoms. The lowest BCUT2D eigenvalue weighted by atomic mass is 10.1. The first kappa shape index (κ1) is 24.7. The Bertz CT molecular complexity index is 1990. The van der Waals surface area contributed by atoms with Crippen molar-refractivity contribution in [3.63, 3.8) is 0 Å². The van der Waals surface area contributed by atoms with Crippen LogP contribution in [0.2, 0.25) is 0 Å². The fourth-order valence-electron chi connectivity index (χ4n) is 6.46. The molecular weight excluding hydrogens is 484 g/mol. The van der Waals surface area contributed by atoms with Crippen molar-refractivity contribution in [3.8, 4) is 11.4 Å². The number of unbranched alkanes of at least 4 members (excludes halogenated alkanes) is 3. The van der Waals surface area contributed by atoms with E-state index < -0.39 is 0 Å². The van der Waals surface area contributed by atoms with Crippen molar-refractivity contribution in [2.75, 3.05) is 0 Å². The molecule has 0 saturated carbocycles. The maximum absolute atomic E-state index is 2.46. The topological polar surface area (TPSA) is 9.86 Å². The largest absolute Gasteiger partial charge is 0.309 e. The van der Waals surface area contributed by atoms with Gasteiger partial charge in [-0.15, -0.1) is 0 Å². The van der Waals surface area contributed by atoms with Crippen LogP contribution >= 0.6 is 0 Å². The van der Waals surface area contributed by atoms with Crippen LogP contribution in [0, 0.1) is 13.8 Å². The molecule has 2 nitrogen and oxygen atoms in total. The maximum atomic E-state index is 2.46. The average Bonchev–Trinajstić information content (AvgIpc) is 3.46. The quantitative estimate of drug-likeness (QED) is 0.185. The highest BCUT2D eigenvalue weighted by molar-refractivity contribution is 6.19. The van der Waals surface area contributed by atoms with Crippen LogP contribution in [0.5, 0.6) is 0 Å². The summed E-state index contributed by atoms with van der Waals surface area (Å²) in [6.07, 6.45) is 6.35. The average molecular weight is 521 g/mol. The molecule has 0 N–H and O–H groups in total. The van der Waals surface area contributed by atoms with E-state index in [1.807, 2.05) is 0 Å². The SMILES string of the molecule is CCCCCCc1ccc(-n2c3ccc(C)cc3c3cc4c(cc32)c2cc(C)ccc2n4-c2ccccc2)cc1. The van der Waals surface area contributed by atoms with Crippen LogP contribution in [-0.2, 0) is 6.42 Å². The Morgan fingerprint density at radius 3 is 1.55 bits per heavy atom. The Labute approximate surface area is 236 Å². The highest BCUT2D eigenvalue weighted by Crippen LogP contribution is 2.40. The van der Waals surface area contributed by atoms with Gasteiger partial charge in [-0.3, -0.25) is 0 Å². The third-order valence-corrected chi connectivity index (χ3v) is 8.49. The molecule has 0 fully saturated rings. The third kappa shape index (κ3) is 4.10. The van der Waals surface area contributed by atoms with Gasteiger partial charge < -0.3 is 9.13 Å². The molecule has 0 saturated heterocycles. The Balaban J connectivity index is 1.49. The number of hydrogen-bond acceptors (Lipinski definition) is 0. The van der Waals surface area contributed by atoms with Crippen LogP contribution in [-0.4, -0.2) is 9.13 Å². The number of aromatic nitrogens is 2. The van der Waals surface area contributed by atoms with E-state index in [1.165, 1.54) is 97.4 Å². The number of rotatable bonds is 7. The predicted octanol–water partition coefficient (Wildman–Crippen LogP) is 10.6. The monoisotopic (exact) mass is 520 g/mol. The molecule has 0 bridgehead atoms. The number of nitrogens with zero attached hydrogens (tertiary/aromatic N) is 2. The minimum Gasteiger partial charge on any atom is -0.309 e. The van der Waals surface area contributed by atoms with Crippen LogP contribution in [0.3, 0.4) is 0 Å². The van der Waals surface area contributed by atoms with E-state index in [-0.39, 0.29) is 0 Å². The Hall–Kier alpha value is -4.30. The van der Waals surface area contributed by atoms with Crippen molar-refractivity contribution in [1.82, 2.24) is 9.13 Å². The van der Waals surface area contributed by atoms with Gasteiger partial charge in [-0.1, -0.05) is 79.8 Å². The molecule has 0 radical (unpaired) electrons. The van der Waals surface area contributed by atoms with Gasteiger partial charge >= 0.3 is 0 Å². The zero-order valence-electron chi connectivity index (χ0n) is 23.7. The minimum atomic E-state index is 1.16. The molecule has 0 aliphatic rings. The second-order valence-electron chi connectivity index (χ2n) is 11.4. The summed E-state index contributed by atoms with van der Waals surface area (Å²) in [5.74, 6) is 0. The zero-order valence-corrected chi connectivity index (χ0v) is 23.7. The van der Waals surface area contributed by atoms with Crippen LogP contribution in [0.25, 0.3) is 55.0 Å². The van der Waals surface area contributed by atoms with Gasteiger partial charge in [-0.05, 0) is 92.9 Å². The lowest BCUT2D eigenvalue weighted by molar-refractivity contribution is 0.667. The van der Waals surface area contributed by atoms with E-state index in [1.54, 1.807) is 0 Å². The molecule has 0 aliphatic heterocycles. The van der Waals surface area contributed by atoms with Crippen LogP contribution in [0.4, 0.5) is 0 Å². The van der Waals surface area contributed by atoms with Crippen molar-refractivity contribution < 1.29 is 0 Å². The van der Waals surface area contributed by atoms with Gasteiger partial charge in [0.25, 0.3) is 0 Å². The number of hydrogen-bond donors (Lipinski definition) is 0. The first-order valence-corrected chi connectivity index (χ1v) is 14.8. The van der Waals surface area contributed by atoms with E-state index in [0.29, 0.717) is 0 Å². The first-order valence-electron chi connectivity index (χ1n) is 14.8. The fraction of sp³-hybridized carbons (Fsp3) is 0.211. The van der Waals surface area contributed by atoms with Crippen molar-refractivity contribution in [2.45, 2.75) is 52.9 Å². The van der Waals surface area contributed by atoms with Gasteiger partial charge in [0.05, 0.1) is 22.1 Å². The van der Waals surface area contributed by atoms with Crippen LogP contribution in [0.15, 0.2) is 103 Å². The summed E-state index contributed by atoms with van der Waals surface area (Å²) < 4.78 is 4.89. The molecular formula is C38H36N2. The normalized spacial score (nSPS) is 11.9. The number of benzene rings is 5. The van der Waals surface area contributed by atoms with Gasteiger partial charge in [-0.25, -0.2) is 0 Å². The highest BCUT2D eigenvalue weighted by Gasteiger charge is 2.18. The molecule has 2 aromatic heterocycles. The lowest BCUT2D eigenvalue weighted by Gasteiger charge is -2.10. The summed E-state index contributed by atoms with van der Waals surface area (Å²) in [5.41, 5.74) is 11.4. The lowest BCUT2D eigenvalue weighted by Crippen LogP contribution is -1.95. The minimum absolute atomic E-state index is 1.16. The number of para-hydroxylation sites is 1. The molecule has 0 aliphatic carbocycles. The fourth-order valence-corrected chi connectivity index (χ4v) is 6.46. The molecule has 0 spiro atoms. The van der Waals surface area contributed by atoms with E-state index in [2.05, 4.69) is 133 Å². The first-order chi connectivity index (χ1) is 19.6. The molecule has 198 valence electrons. The number of aryl methyl sites for hydroxylation is 3. The Morgan fingerprint density at radius 1 is 0.475 bits per heavy atom. The van der Waals surface area contributed by atoms with E-state index in [4.69, 9.17) is 0 Å². The van der Waals surface area contributed by atoms with Gasteiger partial charge in [-0.2, -0.15) is 0 Å². The molecule has 40 heavy (non-hydrogen) atoms. The molecule has 0 atom stereocenters. The summed E-state index contributed by atoms with van der Waals surface area (Å²) in [4.78, 5) is 0. The summed E-state index contributed by atoms with van der Waals surface area (Å²) >= 11 is 0. The summed E-state index contributed by atoms with van der Waals surface area (Å²) in [6, 6.07) is 38.6. The van der Waals surface area contributed by atoms with Crippen molar-refractivity contribution in [1.29, 1.82) is 0 Å². The van der Waals surface area contributed by atoms with Gasteiger partial charge in [0.1, 0.15) is 0 Å². The van der Waals surface area contributed by atoms with Crippen molar-refractivity contribution in [3.05, 3.63) is 120 Å². The third-order valence-electron chi connectivity index (χ3n) is 8.49. The second kappa shape index (κ2) is 10.0. The van der Waals surface area contributed by atoms with Gasteiger partial charge in [0.2, 0.25) is 0 Å². The van der Waals surface area contributed by atoms with Crippen LogP contribution in [0.1, 0.15) is 49.3 Å². The van der Waals surface area contributed by atoms with E-state index in [9.17, 15) is 0 Å². The second-order valence-corrected chi connectivity index (χ2v) is 11.4. The Kier molecular flexibility index (Phi) is 6.20. The molecule has 0 unspecified atom stereocenters. The summed E-state index contributed by atoms with van der Waals surface area (Å²) in [7, 11) is 0. The smallest absolute Gasteiger partial charge is 0.0548 e. The number of fused-ring (bicyclic) bond motifs is 6. The molecule has 2 heterocycles. The molecule has 7 rings (SSSR count). The van der Waals surface area contributed by atoms with Crippen molar-refractivity contribution >= 4 is 43.6 Å². The van der Waals surface area contributed by atoms with Crippen molar-refractivity contribution in [2.24, 2.45) is 0 Å². The standard InChI is InChI=1S/C38H36N2/c1-4-5-6-8-11-28-16-18-30(19-17-28)40-36-21-15-27(3)23-32(36)34-24-37-33(25-38(34)40)31-22-26(2)14-20-35(31)39(37)29-12-9-7-10-13-29/h7,9-10,12-25H,4-6,8,11H2,1-3H3. The zero-order chi connectivity index (χ0) is 27.2. The van der Waals surface area contributed by atoms with Gasteiger partial charge in [0.15, 0.2) is 0 Å². The Morgan fingerprint density at radius 2 is 1.00 bits per heavy atom. The van der Waals surface area contributed by atoms with Crippen LogP contribution < -0.4 is 0 Å². The molecule has 7 aromatic rings.